The van der Waals surface area contributed by atoms with Gasteiger partial charge < -0.3 is 9.47 Å². The number of carbonyl (C=O) groups is 1. The highest BCUT2D eigenvalue weighted by Crippen LogP contribution is 2.27. The lowest BCUT2D eigenvalue weighted by Gasteiger charge is -2.08. The molecule has 0 unspecified atom stereocenters. The van der Waals surface area contributed by atoms with Crippen LogP contribution in [0.25, 0.3) is 0 Å². The van der Waals surface area contributed by atoms with E-state index in [0.29, 0.717) is 20.8 Å². The molecule has 0 aliphatic heterocycles. The van der Waals surface area contributed by atoms with Crippen molar-refractivity contribution in [3.8, 4) is 5.75 Å². The summed E-state index contributed by atoms with van der Waals surface area (Å²) in [5.74, 6) is -0.156. The molecular weight excluding hydrogens is 298 g/mol. The highest BCUT2D eigenvalue weighted by Gasteiger charge is 2.07. The molecule has 1 aromatic carbocycles. The first-order valence-electron chi connectivity index (χ1n) is 5.07. The molecule has 0 N–H and O–H groups in total. The summed E-state index contributed by atoms with van der Waals surface area (Å²) in [5, 5.41) is 1.28. The normalized spacial score (nSPS) is 11.2. The summed E-state index contributed by atoms with van der Waals surface area (Å²) in [5.41, 5.74) is 0. The third kappa shape index (κ3) is 5.17. The van der Waals surface area contributed by atoms with Crippen molar-refractivity contribution in [2.45, 2.75) is 6.92 Å². The SMILES string of the molecule is C/C=C(\Cl)COC(=O)COc1ccc(Cl)cc1Cl. The van der Waals surface area contributed by atoms with Crippen LogP contribution in [0.5, 0.6) is 5.75 Å². The van der Waals surface area contributed by atoms with Crippen LogP contribution in [-0.4, -0.2) is 19.2 Å². The number of hydrogen-bond acceptors (Lipinski definition) is 3. The van der Waals surface area contributed by atoms with Gasteiger partial charge in [-0.3, -0.25) is 0 Å². The summed E-state index contributed by atoms with van der Waals surface area (Å²) in [6.45, 7) is 1.55. The molecule has 6 heteroatoms. The first kappa shape index (κ1) is 15.2. The monoisotopic (exact) mass is 308 g/mol. The number of hydrogen-bond donors (Lipinski definition) is 0. The third-order valence-electron chi connectivity index (χ3n) is 1.92. The molecule has 1 aromatic rings. The molecule has 0 aromatic heterocycles. The lowest BCUT2D eigenvalue weighted by molar-refractivity contribution is -0.144. The van der Waals surface area contributed by atoms with Crippen LogP contribution in [0.1, 0.15) is 6.92 Å². The van der Waals surface area contributed by atoms with Crippen molar-refractivity contribution < 1.29 is 14.3 Å². The predicted molar refractivity (Wildman–Crippen MR) is 72.5 cm³/mol. The van der Waals surface area contributed by atoms with E-state index in [9.17, 15) is 4.79 Å². The first-order valence-corrected chi connectivity index (χ1v) is 6.20. The quantitative estimate of drug-likeness (QED) is 0.770. The van der Waals surface area contributed by atoms with Crippen LogP contribution >= 0.6 is 34.8 Å². The number of ether oxygens (including phenoxy) is 2. The number of benzene rings is 1. The van der Waals surface area contributed by atoms with Crippen molar-refractivity contribution in [2.24, 2.45) is 0 Å². The van der Waals surface area contributed by atoms with Crippen molar-refractivity contribution >= 4 is 40.8 Å². The van der Waals surface area contributed by atoms with Gasteiger partial charge in [0.2, 0.25) is 0 Å². The van der Waals surface area contributed by atoms with Gasteiger partial charge in [-0.25, -0.2) is 4.79 Å². The average Bonchev–Trinajstić information content (AvgIpc) is 2.34. The summed E-state index contributed by atoms with van der Waals surface area (Å²) >= 11 is 17.3. The molecule has 0 saturated heterocycles. The average molecular weight is 310 g/mol. The van der Waals surface area contributed by atoms with Crippen molar-refractivity contribution in [3.63, 3.8) is 0 Å². The molecule has 0 fully saturated rings. The molecule has 18 heavy (non-hydrogen) atoms. The van der Waals surface area contributed by atoms with E-state index in [1.807, 2.05) is 0 Å². The highest BCUT2D eigenvalue weighted by atomic mass is 35.5. The minimum Gasteiger partial charge on any atom is -0.480 e. The largest absolute Gasteiger partial charge is 0.480 e. The third-order valence-corrected chi connectivity index (χ3v) is 2.78. The van der Waals surface area contributed by atoms with Gasteiger partial charge in [0.05, 0.1) is 10.1 Å². The first-order chi connectivity index (χ1) is 8.52. The molecule has 0 aliphatic rings. The summed E-state index contributed by atoms with van der Waals surface area (Å²) < 4.78 is 10.0. The fraction of sp³-hybridized carbons (Fsp3) is 0.250. The molecular formula is C12H11Cl3O3. The van der Waals surface area contributed by atoms with Crippen LogP contribution < -0.4 is 4.74 Å². The van der Waals surface area contributed by atoms with Crippen LogP contribution in [0.4, 0.5) is 0 Å². The Hall–Kier alpha value is -0.900. The second-order valence-corrected chi connectivity index (χ2v) is 4.59. The number of halogens is 3. The second kappa shape index (κ2) is 7.52. The Morgan fingerprint density at radius 3 is 2.67 bits per heavy atom. The van der Waals surface area contributed by atoms with Crippen LogP contribution in [0.3, 0.4) is 0 Å². The van der Waals surface area contributed by atoms with Gasteiger partial charge >= 0.3 is 5.97 Å². The van der Waals surface area contributed by atoms with Crippen molar-refractivity contribution in [1.82, 2.24) is 0 Å². The van der Waals surface area contributed by atoms with Crippen LogP contribution in [-0.2, 0) is 9.53 Å². The zero-order valence-corrected chi connectivity index (χ0v) is 11.9. The zero-order chi connectivity index (χ0) is 13.5. The van der Waals surface area contributed by atoms with Gasteiger partial charge in [0.15, 0.2) is 6.61 Å². The number of allylic oxidation sites excluding steroid dienone is 1. The van der Waals surface area contributed by atoms with Gasteiger partial charge in [-0.1, -0.05) is 40.9 Å². The Labute approximate surface area is 120 Å². The summed E-state index contributed by atoms with van der Waals surface area (Å²) in [4.78, 5) is 11.3. The Balaban J connectivity index is 2.43. The van der Waals surface area contributed by atoms with E-state index in [1.54, 1.807) is 25.1 Å². The van der Waals surface area contributed by atoms with Gasteiger partial charge in [-0.05, 0) is 25.1 Å². The molecule has 0 heterocycles. The minimum absolute atomic E-state index is 0.0363. The van der Waals surface area contributed by atoms with E-state index in [4.69, 9.17) is 44.3 Å². The second-order valence-electron chi connectivity index (χ2n) is 3.26. The molecule has 0 spiro atoms. The Kier molecular flexibility index (Phi) is 6.33. The molecule has 1 rings (SSSR count). The molecule has 0 saturated carbocycles. The maximum atomic E-state index is 11.3. The van der Waals surface area contributed by atoms with Crippen LogP contribution in [0, 0.1) is 0 Å². The Morgan fingerprint density at radius 2 is 2.06 bits per heavy atom. The van der Waals surface area contributed by atoms with Gasteiger partial charge in [0.1, 0.15) is 12.4 Å². The van der Waals surface area contributed by atoms with Crippen LogP contribution in [0.2, 0.25) is 10.0 Å². The van der Waals surface area contributed by atoms with Crippen molar-refractivity contribution in [2.75, 3.05) is 13.2 Å². The molecule has 0 bridgehead atoms. The number of rotatable bonds is 5. The lowest BCUT2D eigenvalue weighted by atomic mass is 10.3. The maximum absolute atomic E-state index is 11.3. The van der Waals surface area contributed by atoms with Crippen molar-refractivity contribution in [3.05, 3.63) is 39.4 Å². The Morgan fingerprint density at radius 1 is 1.33 bits per heavy atom. The zero-order valence-electron chi connectivity index (χ0n) is 9.58. The standard InChI is InChI=1S/C12H11Cl3O3/c1-2-8(13)6-18-12(16)7-17-11-4-3-9(14)5-10(11)15/h2-5H,6-7H2,1H3/b8-2-. The number of carbonyl (C=O) groups excluding carboxylic acids is 1. The van der Waals surface area contributed by atoms with E-state index in [-0.39, 0.29) is 13.2 Å². The molecule has 0 aliphatic carbocycles. The fourth-order valence-corrected chi connectivity index (χ4v) is 1.52. The summed E-state index contributed by atoms with van der Waals surface area (Å²) in [6, 6.07) is 4.72. The Bertz CT molecular complexity index is 458. The molecule has 98 valence electrons. The van der Waals surface area contributed by atoms with Gasteiger partial charge in [0, 0.05) is 5.02 Å². The predicted octanol–water partition coefficient (Wildman–Crippen LogP) is 4.06. The van der Waals surface area contributed by atoms with E-state index < -0.39 is 5.97 Å². The van der Waals surface area contributed by atoms with Gasteiger partial charge in [0.25, 0.3) is 0 Å². The molecule has 0 amide bonds. The van der Waals surface area contributed by atoms with E-state index in [2.05, 4.69) is 0 Å². The topological polar surface area (TPSA) is 35.5 Å². The van der Waals surface area contributed by atoms with E-state index in [0.717, 1.165) is 0 Å². The molecule has 3 nitrogen and oxygen atoms in total. The van der Waals surface area contributed by atoms with Crippen LogP contribution in [0.15, 0.2) is 29.3 Å². The highest BCUT2D eigenvalue weighted by molar-refractivity contribution is 6.35. The molecule has 0 radical (unpaired) electrons. The fourth-order valence-electron chi connectivity index (χ4n) is 1.00. The summed E-state index contributed by atoms with van der Waals surface area (Å²) in [6.07, 6.45) is 1.64. The summed E-state index contributed by atoms with van der Waals surface area (Å²) in [7, 11) is 0. The van der Waals surface area contributed by atoms with E-state index in [1.165, 1.54) is 6.07 Å². The van der Waals surface area contributed by atoms with Gasteiger partial charge in [-0.2, -0.15) is 0 Å². The maximum Gasteiger partial charge on any atom is 0.344 e. The smallest absolute Gasteiger partial charge is 0.344 e. The number of esters is 1. The van der Waals surface area contributed by atoms with Crippen molar-refractivity contribution in [1.29, 1.82) is 0 Å². The van der Waals surface area contributed by atoms with E-state index >= 15 is 0 Å². The van der Waals surface area contributed by atoms with Gasteiger partial charge in [-0.15, -0.1) is 0 Å². The molecule has 0 atom stereocenters. The minimum atomic E-state index is -0.527. The lowest BCUT2D eigenvalue weighted by Crippen LogP contribution is -2.15.